The van der Waals surface area contributed by atoms with Gasteiger partial charge in [0.15, 0.2) is 16.7 Å². The molecule has 1 aliphatic heterocycles. The van der Waals surface area contributed by atoms with Crippen molar-refractivity contribution in [1.82, 2.24) is 5.32 Å². The third kappa shape index (κ3) is 5.10. The highest BCUT2D eigenvalue weighted by atomic mass is 79.9. The minimum Gasteiger partial charge on any atom is -0.504 e. The summed E-state index contributed by atoms with van der Waals surface area (Å²) < 4.78 is 6.51. The third-order valence-corrected chi connectivity index (χ3v) is 5.57. The van der Waals surface area contributed by atoms with Gasteiger partial charge < -0.3 is 15.2 Å². The number of amidine groups is 1. The molecule has 1 amide bonds. The van der Waals surface area contributed by atoms with Crippen LogP contribution in [0.4, 0.5) is 5.69 Å². The maximum absolute atomic E-state index is 12.4. The lowest BCUT2D eigenvalue weighted by Crippen LogP contribution is -2.19. The Hall–Kier alpha value is -2.51. The van der Waals surface area contributed by atoms with E-state index < -0.39 is 0 Å². The van der Waals surface area contributed by atoms with Gasteiger partial charge in [-0.2, -0.15) is 0 Å². The number of aryl methyl sites for hydroxylation is 1. The van der Waals surface area contributed by atoms with E-state index in [0.717, 1.165) is 21.3 Å². The van der Waals surface area contributed by atoms with Crippen LogP contribution in [0.1, 0.15) is 23.6 Å². The summed E-state index contributed by atoms with van der Waals surface area (Å²) in [4.78, 5) is 17.5. The predicted octanol–water partition coefficient (Wildman–Crippen LogP) is 5.48. The first-order chi connectivity index (χ1) is 13.9. The molecule has 1 fully saturated rings. The lowest BCUT2D eigenvalue weighted by Gasteiger charge is -2.11. The Labute approximate surface area is 182 Å². The van der Waals surface area contributed by atoms with Gasteiger partial charge in [-0.1, -0.05) is 22.0 Å². The molecule has 0 atom stereocenters. The van der Waals surface area contributed by atoms with Crippen molar-refractivity contribution in [2.45, 2.75) is 20.3 Å². The van der Waals surface area contributed by atoms with Gasteiger partial charge >= 0.3 is 0 Å². The standard InChI is InChI=1S/C22H21BrN2O3S/c1-4-6-15-10-14(11-18(20(15)26)28-5-2)12-19-21(27)25-22(29-19)24-17-8-7-16(23)9-13(17)3/h4,7-12,26H,1,5-6H2,2-3H3,(H,24,25,27)/b19-12-. The molecule has 0 saturated carbocycles. The van der Waals surface area contributed by atoms with Crippen molar-refractivity contribution in [3.63, 3.8) is 0 Å². The van der Waals surface area contributed by atoms with Crippen LogP contribution in [-0.4, -0.2) is 22.8 Å². The van der Waals surface area contributed by atoms with Gasteiger partial charge in [-0.05, 0) is 79.6 Å². The Bertz CT molecular complexity index is 1030. The molecule has 1 heterocycles. The van der Waals surface area contributed by atoms with E-state index in [2.05, 4.69) is 32.8 Å². The van der Waals surface area contributed by atoms with Gasteiger partial charge in [0.1, 0.15) is 0 Å². The molecular formula is C22H21BrN2O3S. The number of aliphatic imine (C=N–C) groups is 1. The van der Waals surface area contributed by atoms with Crippen LogP contribution in [0, 0.1) is 6.92 Å². The summed E-state index contributed by atoms with van der Waals surface area (Å²) in [5.41, 5.74) is 3.27. The first-order valence-electron chi connectivity index (χ1n) is 9.06. The van der Waals surface area contributed by atoms with E-state index in [0.29, 0.717) is 34.4 Å². The number of carbonyl (C=O) groups excluding carboxylic acids is 1. The second-order valence-electron chi connectivity index (χ2n) is 6.37. The van der Waals surface area contributed by atoms with E-state index in [1.54, 1.807) is 18.2 Å². The van der Waals surface area contributed by atoms with Crippen LogP contribution in [0.15, 0.2) is 57.4 Å². The molecule has 7 heteroatoms. The molecule has 5 nitrogen and oxygen atoms in total. The third-order valence-electron chi connectivity index (χ3n) is 4.17. The number of hydrogen-bond acceptors (Lipinski definition) is 5. The van der Waals surface area contributed by atoms with E-state index in [-0.39, 0.29) is 11.7 Å². The maximum atomic E-state index is 12.4. The van der Waals surface area contributed by atoms with Crippen LogP contribution >= 0.6 is 27.7 Å². The first kappa shape index (κ1) is 21.2. The molecule has 0 aromatic heterocycles. The quantitative estimate of drug-likeness (QED) is 0.431. The van der Waals surface area contributed by atoms with E-state index >= 15 is 0 Å². The lowest BCUT2D eigenvalue weighted by atomic mass is 10.1. The number of nitrogens with one attached hydrogen (secondary N) is 1. The Morgan fingerprint density at radius 2 is 2.14 bits per heavy atom. The topological polar surface area (TPSA) is 70.9 Å². The lowest BCUT2D eigenvalue weighted by molar-refractivity contribution is -0.115. The molecule has 2 aromatic carbocycles. The summed E-state index contributed by atoms with van der Waals surface area (Å²) in [5, 5.41) is 13.7. The molecule has 1 saturated heterocycles. The van der Waals surface area contributed by atoms with Crippen molar-refractivity contribution >= 4 is 50.5 Å². The molecule has 2 N–H and O–H groups in total. The van der Waals surface area contributed by atoms with E-state index in [4.69, 9.17) is 4.74 Å². The molecule has 0 aliphatic carbocycles. The van der Waals surface area contributed by atoms with Gasteiger partial charge in [0, 0.05) is 10.0 Å². The van der Waals surface area contributed by atoms with Crippen LogP contribution in [0.5, 0.6) is 11.5 Å². The van der Waals surface area contributed by atoms with Crippen LogP contribution in [0.3, 0.4) is 0 Å². The number of thioether (sulfide) groups is 1. The number of benzene rings is 2. The fourth-order valence-electron chi connectivity index (χ4n) is 2.83. The van der Waals surface area contributed by atoms with E-state index in [1.807, 2.05) is 38.1 Å². The van der Waals surface area contributed by atoms with Crippen LogP contribution in [0.25, 0.3) is 6.08 Å². The first-order valence-corrected chi connectivity index (χ1v) is 10.7. The minimum atomic E-state index is -0.208. The summed E-state index contributed by atoms with van der Waals surface area (Å²) in [5.74, 6) is 0.284. The summed E-state index contributed by atoms with van der Waals surface area (Å²) in [6.45, 7) is 7.98. The molecule has 0 spiro atoms. The van der Waals surface area contributed by atoms with Gasteiger partial charge in [0.25, 0.3) is 5.91 Å². The highest BCUT2D eigenvalue weighted by Crippen LogP contribution is 2.35. The average Bonchev–Trinajstić information content (AvgIpc) is 3.01. The Kier molecular flexibility index (Phi) is 6.82. The fraction of sp³-hybridized carbons (Fsp3) is 0.182. The predicted molar refractivity (Wildman–Crippen MR) is 123 cm³/mol. The smallest absolute Gasteiger partial charge is 0.264 e. The SMILES string of the molecule is C=CCc1cc(/C=C2\SC(=Nc3ccc(Br)cc3C)NC2=O)cc(OCC)c1O. The highest BCUT2D eigenvalue weighted by molar-refractivity contribution is 9.10. The molecule has 3 rings (SSSR count). The van der Waals surface area contributed by atoms with Crippen molar-refractivity contribution in [3.8, 4) is 11.5 Å². The van der Waals surface area contributed by atoms with E-state index in [1.165, 1.54) is 11.8 Å². The minimum absolute atomic E-state index is 0.102. The number of hydrogen-bond donors (Lipinski definition) is 2. The Morgan fingerprint density at radius 3 is 2.83 bits per heavy atom. The average molecular weight is 473 g/mol. The fourth-order valence-corrected chi connectivity index (χ4v) is 4.15. The number of nitrogens with zero attached hydrogens (tertiary/aromatic N) is 1. The molecule has 0 radical (unpaired) electrons. The monoisotopic (exact) mass is 472 g/mol. The molecule has 0 bridgehead atoms. The molecule has 1 aliphatic rings. The van der Waals surface area contributed by atoms with Gasteiger partial charge in [0.2, 0.25) is 0 Å². The number of amides is 1. The van der Waals surface area contributed by atoms with Crippen LogP contribution in [-0.2, 0) is 11.2 Å². The molecular weight excluding hydrogens is 452 g/mol. The second kappa shape index (κ2) is 9.33. The van der Waals surface area contributed by atoms with Crippen molar-refractivity contribution in [2.24, 2.45) is 4.99 Å². The van der Waals surface area contributed by atoms with Crippen molar-refractivity contribution in [1.29, 1.82) is 0 Å². The zero-order chi connectivity index (χ0) is 21.0. The molecule has 0 unspecified atom stereocenters. The number of aromatic hydroxyl groups is 1. The molecule has 2 aromatic rings. The number of allylic oxidation sites excluding steroid dienone is 1. The zero-order valence-electron chi connectivity index (χ0n) is 16.2. The number of rotatable bonds is 6. The van der Waals surface area contributed by atoms with Crippen LogP contribution in [0.2, 0.25) is 0 Å². The zero-order valence-corrected chi connectivity index (χ0v) is 18.6. The highest BCUT2D eigenvalue weighted by Gasteiger charge is 2.24. The molecule has 29 heavy (non-hydrogen) atoms. The van der Waals surface area contributed by atoms with Crippen molar-refractivity contribution < 1.29 is 14.6 Å². The van der Waals surface area contributed by atoms with Gasteiger partial charge in [-0.25, -0.2) is 4.99 Å². The second-order valence-corrected chi connectivity index (χ2v) is 8.31. The summed E-state index contributed by atoms with van der Waals surface area (Å²) in [7, 11) is 0. The summed E-state index contributed by atoms with van der Waals surface area (Å²) >= 11 is 4.72. The summed E-state index contributed by atoms with van der Waals surface area (Å²) in [6.07, 6.45) is 3.98. The number of ether oxygens (including phenoxy) is 1. The van der Waals surface area contributed by atoms with Crippen molar-refractivity contribution in [2.75, 3.05) is 6.61 Å². The largest absolute Gasteiger partial charge is 0.504 e. The Balaban J connectivity index is 1.91. The summed E-state index contributed by atoms with van der Waals surface area (Å²) in [6, 6.07) is 9.34. The maximum Gasteiger partial charge on any atom is 0.264 e. The van der Waals surface area contributed by atoms with Gasteiger partial charge in [0.05, 0.1) is 17.2 Å². The van der Waals surface area contributed by atoms with Crippen molar-refractivity contribution in [3.05, 3.63) is 69.1 Å². The Morgan fingerprint density at radius 1 is 1.34 bits per heavy atom. The number of carbonyl (C=O) groups is 1. The van der Waals surface area contributed by atoms with Gasteiger partial charge in [-0.15, -0.1) is 6.58 Å². The van der Waals surface area contributed by atoms with Gasteiger partial charge in [-0.3, -0.25) is 4.79 Å². The van der Waals surface area contributed by atoms with Crippen LogP contribution < -0.4 is 10.1 Å². The number of halogens is 1. The molecule has 150 valence electrons. The normalized spacial score (nSPS) is 16.3. The van der Waals surface area contributed by atoms with E-state index in [9.17, 15) is 9.90 Å². The number of phenols is 1. The number of phenolic OH excluding ortho intramolecular Hbond substituents is 1.